The van der Waals surface area contributed by atoms with Gasteiger partial charge in [-0.1, -0.05) is 12.1 Å². The fraction of sp³-hybridized carbons (Fsp3) is 0.500. The van der Waals surface area contributed by atoms with Crippen molar-refractivity contribution < 1.29 is 9.53 Å². The number of aryl methyl sites for hydroxylation is 1. The quantitative estimate of drug-likeness (QED) is 0.436. The van der Waals surface area contributed by atoms with E-state index in [0.717, 1.165) is 18.4 Å². The van der Waals surface area contributed by atoms with E-state index in [1.807, 2.05) is 19.1 Å². The van der Waals surface area contributed by atoms with Crippen LogP contribution in [0.15, 0.2) is 29.4 Å². The molecule has 1 saturated heterocycles. The van der Waals surface area contributed by atoms with Gasteiger partial charge in [-0.2, -0.15) is 0 Å². The molecule has 2 heterocycles. The summed E-state index contributed by atoms with van der Waals surface area (Å²) in [6.07, 6.45) is 3.65. The van der Waals surface area contributed by atoms with Crippen LogP contribution >= 0.6 is 28.3 Å². The number of rotatable bonds is 6. The van der Waals surface area contributed by atoms with Crippen LogP contribution in [0.25, 0.3) is 0 Å². The van der Waals surface area contributed by atoms with Gasteiger partial charge < -0.3 is 15.4 Å². The summed E-state index contributed by atoms with van der Waals surface area (Å²) in [5.41, 5.74) is 1.08. The van der Waals surface area contributed by atoms with Crippen LogP contribution in [0.2, 0.25) is 0 Å². The van der Waals surface area contributed by atoms with E-state index < -0.39 is 0 Å². The highest BCUT2D eigenvalue weighted by Crippen LogP contribution is 2.54. The lowest BCUT2D eigenvalue weighted by atomic mass is 10.0. The van der Waals surface area contributed by atoms with Crippen molar-refractivity contribution in [2.45, 2.75) is 31.8 Å². The van der Waals surface area contributed by atoms with E-state index in [2.05, 4.69) is 38.1 Å². The van der Waals surface area contributed by atoms with Crippen molar-refractivity contribution in [3.05, 3.63) is 35.0 Å². The number of nitrogens with zero attached hydrogens (tertiary/aromatic N) is 1. The molecule has 1 saturated carbocycles. The van der Waals surface area contributed by atoms with Crippen LogP contribution < -0.4 is 10.6 Å². The second-order valence-electron chi connectivity index (χ2n) is 6.13. The number of hydrogen-bond acceptors (Lipinski definition) is 4. The molecule has 2 aliphatic rings. The fourth-order valence-electron chi connectivity index (χ4n) is 3.08. The Morgan fingerprint density at radius 3 is 3.13 bits per heavy atom. The number of pyridine rings is 1. The average molecular weight is 403 g/mol. The lowest BCUT2D eigenvalue weighted by molar-refractivity contribution is -0.118. The maximum atomic E-state index is 12.4. The molecule has 126 valence electrons. The van der Waals surface area contributed by atoms with E-state index in [-0.39, 0.29) is 29.8 Å². The van der Waals surface area contributed by atoms with E-state index >= 15 is 0 Å². The van der Waals surface area contributed by atoms with Crippen LogP contribution in [0.5, 0.6) is 0 Å². The zero-order valence-electron chi connectivity index (χ0n) is 13.0. The van der Waals surface area contributed by atoms with Crippen LogP contribution in [0.1, 0.15) is 18.4 Å². The Morgan fingerprint density at radius 1 is 1.61 bits per heavy atom. The molecule has 0 aromatic carbocycles. The number of piperidine rings is 1. The number of amides is 1. The highest BCUT2D eigenvalue weighted by atomic mass is 79.9. The third kappa shape index (κ3) is 3.94. The van der Waals surface area contributed by atoms with Crippen molar-refractivity contribution in [3.8, 4) is 0 Å². The van der Waals surface area contributed by atoms with Crippen molar-refractivity contribution in [1.82, 2.24) is 10.3 Å². The number of carbonyl (C=O) groups is 1. The number of hydrogen-bond donors (Lipinski definition) is 2. The Morgan fingerprint density at radius 2 is 2.39 bits per heavy atom. The number of anilines is 1. The zero-order chi connectivity index (χ0) is 15.7. The van der Waals surface area contributed by atoms with Crippen LogP contribution in [0.3, 0.4) is 0 Å². The molecule has 0 radical (unpaired) electrons. The van der Waals surface area contributed by atoms with Gasteiger partial charge in [0.05, 0.1) is 19.3 Å². The first-order chi connectivity index (χ1) is 10.5. The standard InChI is InChI=1S/C16H20BrN3O2.ClH/c1-3-6-22-9-16-7-11(18-12(16)8-16)15(21)20-14-10(2)4-5-13(17)19-14;/h3-5,11-12,18H,1,6-9H2,2H3,(H,19,20,21);1H. The highest BCUT2D eigenvalue weighted by molar-refractivity contribution is 9.10. The number of nitrogens with one attached hydrogen (secondary N) is 2. The van der Waals surface area contributed by atoms with Gasteiger partial charge in [0, 0.05) is 11.5 Å². The van der Waals surface area contributed by atoms with Gasteiger partial charge in [-0.3, -0.25) is 4.79 Å². The average Bonchev–Trinajstić information content (AvgIpc) is 3.04. The van der Waals surface area contributed by atoms with Crippen molar-refractivity contribution in [3.63, 3.8) is 0 Å². The lowest BCUT2D eigenvalue weighted by Crippen LogP contribution is -2.38. The molecule has 3 unspecified atom stereocenters. The normalized spacial score (nSPS) is 27.7. The van der Waals surface area contributed by atoms with E-state index in [1.54, 1.807) is 6.08 Å². The molecule has 2 fully saturated rings. The topological polar surface area (TPSA) is 63.2 Å². The summed E-state index contributed by atoms with van der Waals surface area (Å²) in [5, 5.41) is 6.31. The molecule has 0 bridgehead atoms. The van der Waals surface area contributed by atoms with Gasteiger partial charge in [0.1, 0.15) is 10.4 Å². The van der Waals surface area contributed by atoms with E-state index in [4.69, 9.17) is 4.74 Å². The number of ether oxygens (including phenoxy) is 1. The molecule has 5 nitrogen and oxygen atoms in total. The van der Waals surface area contributed by atoms with E-state index in [1.165, 1.54) is 0 Å². The molecule has 7 heteroatoms. The van der Waals surface area contributed by atoms with Crippen LogP contribution in [-0.2, 0) is 9.53 Å². The smallest absolute Gasteiger partial charge is 0.242 e. The first kappa shape index (κ1) is 18.4. The second-order valence-corrected chi connectivity index (χ2v) is 6.95. The molecule has 1 aromatic rings. The summed E-state index contributed by atoms with van der Waals surface area (Å²) in [5.74, 6) is 0.586. The minimum Gasteiger partial charge on any atom is -0.377 e. The molecule has 23 heavy (non-hydrogen) atoms. The Kier molecular flexibility index (Phi) is 5.84. The molecule has 1 aliphatic heterocycles. The first-order valence-corrected chi connectivity index (χ1v) is 8.22. The SMILES string of the molecule is C=CCOCC12CC(C(=O)Nc3nc(Br)ccc3C)NC1C2.Cl. The second kappa shape index (κ2) is 7.30. The molecular weight excluding hydrogens is 382 g/mol. The van der Waals surface area contributed by atoms with Gasteiger partial charge in [0.25, 0.3) is 0 Å². The van der Waals surface area contributed by atoms with Gasteiger partial charge >= 0.3 is 0 Å². The van der Waals surface area contributed by atoms with Crippen LogP contribution in [0, 0.1) is 12.3 Å². The third-order valence-corrected chi connectivity index (χ3v) is 4.89. The Balaban J connectivity index is 0.00000192. The summed E-state index contributed by atoms with van der Waals surface area (Å²) >= 11 is 3.33. The number of aromatic nitrogens is 1. The third-order valence-electron chi connectivity index (χ3n) is 4.45. The minimum atomic E-state index is -0.175. The van der Waals surface area contributed by atoms with Crippen LogP contribution in [0.4, 0.5) is 5.82 Å². The maximum Gasteiger partial charge on any atom is 0.242 e. The van der Waals surface area contributed by atoms with E-state index in [0.29, 0.717) is 29.7 Å². The molecule has 0 spiro atoms. The van der Waals surface area contributed by atoms with Crippen molar-refractivity contribution in [2.75, 3.05) is 18.5 Å². The first-order valence-electron chi connectivity index (χ1n) is 7.43. The summed E-state index contributed by atoms with van der Waals surface area (Å²) in [4.78, 5) is 16.7. The van der Waals surface area contributed by atoms with Gasteiger partial charge in [-0.15, -0.1) is 19.0 Å². The molecule has 1 amide bonds. The Bertz CT molecular complexity index is 613. The summed E-state index contributed by atoms with van der Waals surface area (Å²) in [6, 6.07) is 4.01. The predicted octanol–water partition coefficient (Wildman–Crippen LogP) is 2.84. The molecule has 3 rings (SSSR count). The summed E-state index contributed by atoms with van der Waals surface area (Å²) in [7, 11) is 0. The molecule has 1 aromatic heterocycles. The maximum absolute atomic E-state index is 12.4. The van der Waals surface area contributed by atoms with Gasteiger partial charge in [-0.25, -0.2) is 4.98 Å². The molecule has 2 N–H and O–H groups in total. The van der Waals surface area contributed by atoms with Crippen LogP contribution in [-0.4, -0.2) is 36.2 Å². The lowest BCUT2D eigenvalue weighted by Gasteiger charge is -2.16. The van der Waals surface area contributed by atoms with Gasteiger partial charge in [0.2, 0.25) is 5.91 Å². The van der Waals surface area contributed by atoms with Gasteiger partial charge in [0.15, 0.2) is 0 Å². The summed E-state index contributed by atoms with van der Waals surface area (Å²) < 4.78 is 6.30. The highest BCUT2D eigenvalue weighted by Gasteiger charge is 2.61. The monoisotopic (exact) mass is 401 g/mol. The van der Waals surface area contributed by atoms with Crippen molar-refractivity contribution in [2.24, 2.45) is 5.41 Å². The zero-order valence-corrected chi connectivity index (χ0v) is 15.4. The molecule has 1 aliphatic carbocycles. The van der Waals surface area contributed by atoms with E-state index in [9.17, 15) is 4.79 Å². The Hall–Kier alpha value is -0.950. The fourth-order valence-corrected chi connectivity index (χ4v) is 3.39. The molecule has 3 atom stereocenters. The van der Waals surface area contributed by atoms with Crippen molar-refractivity contribution in [1.29, 1.82) is 0 Å². The predicted molar refractivity (Wildman–Crippen MR) is 95.9 cm³/mol. The number of carbonyl (C=O) groups excluding carboxylic acids is 1. The largest absolute Gasteiger partial charge is 0.377 e. The Labute approximate surface area is 150 Å². The summed E-state index contributed by atoms with van der Waals surface area (Å²) in [6.45, 7) is 6.83. The minimum absolute atomic E-state index is 0. The molecular formula is C16H21BrClN3O2. The van der Waals surface area contributed by atoms with Crippen molar-refractivity contribution >= 4 is 40.1 Å². The number of halogens is 2. The number of fused-ring (bicyclic) bond motifs is 1. The van der Waals surface area contributed by atoms with Gasteiger partial charge in [-0.05, 0) is 47.3 Å².